The highest BCUT2D eigenvalue weighted by molar-refractivity contribution is 7.16. The molecule has 1 aromatic carbocycles. The number of amides is 2. The van der Waals surface area contributed by atoms with Crippen LogP contribution in [0.3, 0.4) is 0 Å². The molecule has 0 saturated heterocycles. The van der Waals surface area contributed by atoms with Gasteiger partial charge in [0.15, 0.2) is 0 Å². The molecule has 1 aromatic heterocycles. The van der Waals surface area contributed by atoms with Crippen LogP contribution in [0.15, 0.2) is 24.3 Å². The number of benzene rings is 1. The van der Waals surface area contributed by atoms with Crippen molar-refractivity contribution in [2.24, 2.45) is 11.7 Å². The van der Waals surface area contributed by atoms with Crippen LogP contribution in [-0.4, -0.2) is 6.03 Å². The number of anilines is 2. The fraction of sp³-hybridized carbons (Fsp3) is 0.353. The summed E-state index contributed by atoms with van der Waals surface area (Å²) in [4.78, 5) is 13.6. The summed E-state index contributed by atoms with van der Waals surface area (Å²) in [6, 6.07) is 6.77. The lowest BCUT2D eigenvalue weighted by atomic mass is 9.88. The van der Waals surface area contributed by atoms with Gasteiger partial charge < -0.3 is 11.1 Å². The number of fused-ring (bicyclic) bond motifs is 1. The van der Waals surface area contributed by atoms with Crippen LogP contribution in [0.4, 0.5) is 15.5 Å². The summed E-state index contributed by atoms with van der Waals surface area (Å²) in [5.41, 5.74) is 9.05. The lowest BCUT2D eigenvalue weighted by Crippen LogP contribution is -2.20. The molecule has 0 bridgehead atoms. The minimum absolute atomic E-state index is 0.256. The largest absolute Gasteiger partial charge is 0.326 e. The topological polar surface area (TPSA) is 67.2 Å². The SMILES string of the molecule is CC1CCc2c(sc(NC(=O)Nc3ccc(Cl)cc3)c2CN)C1. The summed E-state index contributed by atoms with van der Waals surface area (Å²) in [5, 5.41) is 7.28. The third-order valence-electron chi connectivity index (χ3n) is 4.15. The van der Waals surface area contributed by atoms with Gasteiger partial charge in [-0.1, -0.05) is 18.5 Å². The van der Waals surface area contributed by atoms with Crippen LogP contribution < -0.4 is 16.4 Å². The average molecular weight is 350 g/mol. The molecule has 23 heavy (non-hydrogen) atoms. The van der Waals surface area contributed by atoms with Gasteiger partial charge in [0.25, 0.3) is 0 Å². The molecule has 0 saturated carbocycles. The first-order valence-electron chi connectivity index (χ1n) is 7.74. The van der Waals surface area contributed by atoms with Gasteiger partial charge in [-0.25, -0.2) is 4.79 Å². The number of urea groups is 1. The Kier molecular flexibility index (Phi) is 4.90. The van der Waals surface area contributed by atoms with E-state index in [2.05, 4.69) is 17.6 Å². The number of nitrogens with one attached hydrogen (secondary N) is 2. The van der Waals surface area contributed by atoms with Crippen LogP contribution in [0.5, 0.6) is 0 Å². The molecule has 0 aliphatic heterocycles. The van der Waals surface area contributed by atoms with Gasteiger partial charge >= 0.3 is 6.03 Å². The van der Waals surface area contributed by atoms with E-state index >= 15 is 0 Å². The number of hydrogen-bond donors (Lipinski definition) is 3. The standard InChI is InChI=1S/C17H20ClN3OS/c1-10-2-7-13-14(9-19)16(23-15(13)8-10)21-17(22)20-12-5-3-11(18)4-6-12/h3-6,10H,2,7-9,19H2,1H3,(H2,20,21,22). The van der Waals surface area contributed by atoms with Gasteiger partial charge in [-0.3, -0.25) is 5.32 Å². The second kappa shape index (κ2) is 6.91. The molecule has 4 N–H and O–H groups in total. The van der Waals surface area contributed by atoms with Crippen molar-refractivity contribution in [2.45, 2.75) is 32.7 Å². The molecule has 2 amide bonds. The second-order valence-corrected chi connectivity index (χ2v) is 7.49. The number of nitrogens with two attached hydrogens (primary N) is 1. The van der Waals surface area contributed by atoms with Crippen LogP contribution in [0.2, 0.25) is 5.02 Å². The number of halogens is 1. The van der Waals surface area contributed by atoms with Crippen LogP contribution in [0.1, 0.15) is 29.3 Å². The van der Waals surface area contributed by atoms with E-state index in [0.29, 0.717) is 23.2 Å². The average Bonchev–Trinajstić information content (AvgIpc) is 2.85. The Labute approximate surface area is 145 Å². The van der Waals surface area contributed by atoms with Crippen molar-refractivity contribution >= 4 is 39.7 Å². The molecule has 4 nitrogen and oxygen atoms in total. The van der Waals surface area contributed by atoms with Crippen molar-refractivity contribution < 1.29 is 4.79 Å². The third-order valence-corrected chi connectivity index (χ3v) is 5.62. The molecular formula is C17H20ClN3OS. The third kappa shape index (κ3) is 3.68. The van der Waals surface area contributed by atoms with Gasteiger partial charge in [-0.15, -0.1) is 11.3 Å². The van der Waals surface area contributed by atoms with E-state index in [9.17, 15) is 4.79 Å². The Bertz CT molecular complexity index is 711. The molecule has 0 fully saturated rings. The zero-order chi connectivity index (χ0) is 16.4. The number of carbonyl (C=O) groups excluding carboxylic acids is 1. The summed E-state index contributed by atoms with van der Waals surface area (Å²) in [5.74, 6) is 0.697. The molecule has 1 atom stereocenters. The quantitative estimate of drug-likeness (QED) is 0.756. The smallest absolute Gasteiger partial charge is 0.324 e. The first-order chi connectivity index (χ1) is 11.1. The Morgan fingerprint density at radius 1 is 1.35 bits per heavy atom. The monoisotopic (exact) mass is 349 g/mol. The Morgan fingerprint density at radius 3 is 2.78 bits per heavy atom. The molecular weight excluding hydrogens is 330 g/mol. The van der Waals surface area contributed by atoms with E-state index in [1.54, 1.807) is 35.6 Å². The summed E-state index contributed by atoms with van der Waals surface area (Å²) in [7, 11) is 0. The predicted octanol–water partition coefficient (Wildman–Crippen LogP) is 4.63. The maximum atomic E-state index is 12.2. The van der Waals surface area contributed by atoms with E-state index in [-0.39, 0.29) is 6.03 Å². The van der Waals surface area contributed by atoms with Crippen molar-refractivity contribution in [3.63, 3.8) is 0 Å². The van der Waals surface area contributed by atoms with E-state index in [1.165, 1.54) is 16.9 Å². The molecule has 6 heteroatoms. The van der Waals surface area contributed by atoms with Gasteiger partial charge in [0.1, 0.15) is 5.00 Å². The first-order valence-corrected chi connectivity index (χ1v) is 8.93. The van der Waals surface area contributed by atoms with Crippen LogP contribution in [0.25, 0.3) is 0 Å². The van der Waals surface area contributed by atoms with Crippen molar-refractivity contribution in [2.75, 3.05) is 10.6 Å². The Hall–Kier alpha value is -1.56. The molecule has 122 valence electrons. The Balaban J connectivity index is 1.74. The number of hydrogen-bond acceptors (Lipinski definition) is 3. The fourth-order valence-corrected chi connectivity index (χ4v) is 4.49. The van der Waals surface area contributed by atoms with E-state index < -0.39 is 0 Å². The van der Waals surface area contributed by atoms with Gasteiger partial charge in [0.2, 0.25) is 0 Å². The molecule has 0 radical (unpaired) electrons. The lowest BCUT2D eigenvalue weighted by Gasteiger charge is -2.18. The van der Waals surface area contributed by atoms with Gasteiger partial charge in [0.05, 0.1) is 0 Å². The van der Waals surface area contributed by atoms with E-state index in [0.717, 1.165) is 23.4 Å². The highest BCUT2D eigenvalue weighted by atomic mass is 35.5. The fourth-order valence-electron chi connectivity index (χ4n) is 2.93. The molecule has 0 spiro atoms. The maximum absolute atomic E-state index is 12.2. The number of carbonyl (C=O) groups is 1. The van der Waals surface area contributed by atoms with E-state index in [1.807, 2.05) is 0 Å². The highest BCUT2D eigenvalue weighted by Gasteiger charge is 2.23. The maximum Gasteiger partial charge on any atom is 0.324 e. The van der Waals surface area contributed by atoms with Gasteiger partial charge in [-0.05, 0) is 55.0 Å². The van der Waals surface area contributed by atoms with Gasteiger partial charge in [-0.2, -0.15) is 0 Å². The minimum Gasteiger partial charge on any atom is -0.326 e. The van der Waals surface area contributed by atoms with Crippen molar-refractivity contribution in [1.29, 1.82) is 0 Å². The zero-order valence-corrected chi connectivity index (χ0v) is 14.6. The summed E-state index contributed by atoms with van der Waals surface area (Å²) < 4.78 is 0. The van der Waals surface area contributed by atoms with Gasteiger partial charge in [0, 0.05) is 27.7 Å². The lowest BCUT2D eigenvalue weighted by molar-refractivity contribution is 0.262. The summed E-state index contributed by atoms with van der Waals surface area (Å²) in [6.45, 7) is 2.72. The first kappa shape index (κ1) is 16.3. The zero-order valence-electron chi connectivity index (χ0n) is 13.0. The normalized spacial score (nSPS) is 16.7. The van der Waals surface area contributed by atoms with E-state index in [4.69, 9.17) is 17.3 Å². The predicted molar refractivity (Wildman–Crippen MR) is 97.5 cm³/mol. The minimum atomic E-state index is -0.256. The summed E-state index contributed by atoms with van der Waals surface area (Å²) >= 11 is 7.51. The molecule has 1 unspecified atom stereocenters. The van der Waals surface area contributed by atoms with Crippen molar-refractivity contribution in [3.05, 3.63) is 45.3 Å². The molecule has 2 aromatic rings. The molecule has 1 aliphatic carbocycles. The van der Waals surface area contributed by atoms with Crippen LogP contribution in [-0.2, 0) is 19.4 Å². The highest BCUT2D eigenvalue weighted by Crippen LogP contribution is 2.39. The second-order valence-electron chi connectivity index (χ2n) is 5.95. The number of thiophene rings is 1. The Morgan fingerprint density at radius 2 is 2.09 bits per heavy atom. The van der Waals surface area contributed by atoms with Crippen molar-refractivity contribution in [1.82, 2.24) is 0 Å². The summed E-state index contributed by atoms with van der Waals surface area (Å²) in [6.07, 6.45) is 3.32. The molecule has 1 heterocycles. The van der Waals surface area contributed by atoms with Crippen molar-refractivity contribution in [3.8, 4) is 0 Å². The molecule has 1 aliphatic rings. The molecule has 3 rings (SSSR count). The van der Waals surface area contributed by atoms with Crippen LogP contribution in [0, 0.1) is 5.92 Å². The van der Waals surface area contributed by atoms with Crippen LogP contribution >= 0.6 is 22.9 Å². The number of rotatable bonds is 3.